The summed E-state index contributed by atoms with van der Waals surface area (Å²) in [7, 11) is 0. The van der Waals surface area contributed by atoms with Crippen molar-refractivity contribution >= 4 is 17.2 Å². The molecular weight excluding hydrogens is 177 g/mol. The molecule has 66 valence electrons. The highest BCUT2D eigenvalue weighted by atomic mass is 32.1. The van der Waals surface area contributed by atoms with Crippen LogP contribution in [0.15, 0.2) is 0 Å². The maximum atomic E-state index is 11.5. The molecule has 0 unspecified atom stereocenters. The van der Waals surface area contributed by atoms with Crippen molar-refractivity contribution < 1.29 is 13.2 Å². The summed E-state index contributed by atoms with van der Waals surface area (Å²) < 4.78 is 34.5. The number of alkyl halides is 3. The van der Waals surface area contributed by atoms with Gasteiger partial charge < -0.3 is 11.1 Å². The first-order valence-corrected chi connectivity index (χ1v) is 3.34. The second-order valence-electron chi connectivity index (χ2n) is 2.12. The molecular formula is C5H9F3N2S. The summed E-state index contributed by atoms with van der Waals surface area (Å²) in [5.41, 5.74) is 5.19. The molecule has 11 heavy (non-hydrogen) atoms. The zero-order valence-electron chi connectivity index (χ0n) is 5.90. The normalized spacial score (nSPS) is 14.3. The molecule has 0 rings (SSSR count). The van der Waals surface area contributed by atoms with Gasteiger partial charge in [-0.1, -0.05) is 12.2 Å². The van der Waals surface area contributed by atoms with Crippen molar-refractivity contribution in [1.29, 1.82) is 0 Å². The van der Waals surface area contributed by atoms with Crippen LogP contribution >= 0.6 is 12.2 Å². The van der Waals surface area contributed by atoms with Crippen LogP contribution in [0.2, 0.25) is 0 Å². The Hall–Kier alpha value is -0.360. The highest BCUT2D eigenvalue weighted by Gasteiger charge is 2.27. The molecule has 0 aliphatic rings. The maximum Gasteiger partial charge on any atom is 0.405 e. The van der Waals surface area contributed by atoms with Crippen molar-refractivity contribution in [2.75, 3.05) is 6.54 Å². The van der Waals surface area contributed by atoms with Crippen molar-refractivity contribution in [1.82, 2.24) is 5.32 Å². The van der Waals surface area contributed by atoms with Gasteiger partial charge in [0.1, 0.15) is 6.54 Å². The van der Waals surface area contributed by atoms with E-state index in [-0.39, 0.29) is 4.99 Å². The Morgan fingerprint density at radius 2 is 2.09 bits per heavy atom. The zero-order valence-corrected chi connectivity index (χ0v) is 6.72. The highest BCUT2D eigenvalue weighted by Crippen LogP contribution is 2.12. The number of hydrogen-bond acceptors (Lipinski definition) is 2. The van der Waals surface area contributed by atoms with Gasteiger partial charge in [-0.25, -0.2) is 0 Å². The Morgan fingerprint density at radius 1 is 1.64 bits per heavy atom. The van der Waals surface area contributed by atoms with E-state index in [1.54, 1.807) is 0 Å². The van der Waals surface area contributed by atoms with Crippen LogP contribution in [0.5, 0.6) is 0 Å². The summed E-state index contributed by atoms with van der Waals surface area (Å²) in [6, 6.07) is -0.535. The van der Waals surface area contributed by atoms with Crippen molar-refractivity contribution in [3.8, 4) is 0 Å². The van der Waals surface area contributed by atoms with Crippen LogP contribution in [0.1, 0.15) is 6.92 Å². The summed E-state index contributed by atoms with van der Waals surface area (Å²) in [6.45, 7) is 0.402. The Morgan fingerprint density at radius 3 is 2.36 bits per heavy atom. The van der Waals surface area contributed by atoms with E-state index >= 15 is 0 Å². The lowest BCUT2D eigenvalue weighted by atomic mass is 10.3. The minimum atomic E-state index is -4.24. The maximum absolute atomic E-state index is 11.5. The van der Waals surface area contributed by atoms with Gasteiger partial charge in [0.2, 0.25) is 0 Å². The van der Waals surface area contributed by atoms with E-state index in [4.69, 9.17) is 5.73 Å². The van der Waals surface area contributed by atoms with Gasteiger partial charge in [-0.2, -0.15) is 13.2 Å². The lowest BCUT2D eigenvalue weighted by Crippen LogP contribution is -2.41. The molecule has 3 N–H and O–H groups in total. The molecule has 0 radical (unpaired) electrons. The molecule has 0 aromatic rings. The largest absolute Gasteiger partial charge is 0.405 e. The van der Waals surface area contributed by atoms with Crippen molar-refractivity contribution in [3.63, 3.8) is 0 Å². The molecule has 0 fully saturated rings. The van der Waals surface area contributed by atoms with Gasteiger partial charge in [-0.3, -0.25) is 0 Å². The molecule has 0 amide bonds. The molecule has 0 saturated heterocycles. The minimum absolute atomic E-state index is 0.0299. The number of nitrogens with one attached hydrogen (secondary N) is 1. The molecule has 0 saturated carbocycles. The van der Waals surface area contributed by atoms with Crippen molar-refractivity contribution in [3.05, 3.63) is 0 Å². The van der Waals surface area contributed by atoms with Gasteiger partial charge in [0.25, 0.3) is 0 Å². The van der Waals surface area contributed by atoms with E-state index in [1.807, 2.05) is 5.32 Å². The number of rotatable bonds is 2. The number of nitrogens with two attached hydrogens (primary N) is 1. The lowest BCUT2D eigenvalue weighted by Gasteiger charge is -2.12. The third-order valence-corrected chi connectivity index (χ3v) is 1.39. The topological polar surface area (TPSA) is 38.0 Å². The molecule has 1 atom stereocenters. The van der Waals surface area contributed by atoms with Gasteiger partial charge in [0.15, 0.2) is 0 Å². The Bertz CT molecular complexity index is 143. The predicted octanol–water partition coefficient (Wildman–Crippen LogP) is 0.813. The second kappa shape index (κ2) is 3.87. The van der Waals surface area contributed by atoms with Crippen LogP contribution in [-0.4, -0.2) is 23.8 Å². The van der Waals surface area contributed by atoms with Crippen LogP contribution in [-0.2, 0) is 0 Å². The summed E-state index contributed by atoms with van der Waals surface area (Å²) in [6.07, 6.45) is -4.24. The van der Waals surface area contributed by atoms with Gasteiger partial charge in [0, 0.05) is 0 Å². The van der Waals surface area contributed by atoms with Crippen LogP contribution < -0.4 is 11.1 Å². The van der Waals surface area contributed by atoms with Gasteiger partial charge in [0.05, 0.1) is 11.0 Å². The quantitative estimate of drug-likeness (QED) is 0.627. The first-order valence-electron chi connectivity index (χ1n) is 2.93. The third-order valence-electron chi connectivity index (χ3n) is 0.877. The SMILES string of the molecule is C[C@@H](N)C(=S)NCC(F)(F)F. The van der Waals surface area contributed by atoms with E-state index in [0.717, 1.165) is 0 Å². The van der Waals surface area contributed by atoms with Crippen LogP contribution in [0.4, 0.5) is 13.2 Å². The molecule has 0 aromatic heterocycles. The summed E-state index contributed by atoms with van der Waals surface area (Å²) in [5.74, 6) is 0. The van der Waals surface area contributed by atoms with Crippen LogP contribution in [0.3, 0.4) is 0 Å². The molecule has 0 heterocycles. The van der Waals surface area contributed by atoms with Gasteiger partial charge >= 0.3 is 6.18 Å². The molecule has 0 aliphatic carbocycles. The summed E-state index contributed by atoms with van der Waals surface area (Å²) in [5, 5.41) is 2.00. The van der Waals surface area contributed by atoms with Crippen molar-refractivity contribution in [2.45, 2.75) is 19.1 Å². The number of halogens is 3. The Kier molecular flexibility index (Phi) is 3.74. The van der Waals surface area contributed by atoms with E-state index in [1.165, 1.54) is 6.92 Å². The molecule has 0 aliphatic heterocycles. The van der Waals surface area contributed by atoms with E-state index in [2.05, 4.69) is 12.2 Å². The fourth-order valence-corrected chi connectivity index (χ4v) is 0.420. The van der Waals surface area contributed by atoms with Crippen LogP contribution in [0, 0.1) is 0 Å². The first kappa shape index (κ1) is 10.6. The van der Waals surface area contributed by atoms with Gasteiger partial charge in [-0.15, -0.1) is 0 Å². The molecule has 0 aromatic carbocycles. The van der Waals surface area contributed by atoms with Gasteiger partial charge in [-0.05, 0) is 6.92 Å². The first-order chi connectivity index (χ1) is 4.83. The predicted molar refractivity (Wildman–Crippen MR) is 40.3 cm³/mol. The summed E-state index contributed by atoms with van der Waals surface area (Å²) in [4.78, 5) is 0.0299. The average molecular weight is 186 g/mol. The third kappa shape index (κ3) is 6.05. The zero-order chi connectivity index (χ0) is 9.07. The Balaban J connectivity index is 3.64. The van der Waals surface area contributed by atoms with E-state index < -0.39 is 18.8 Å². The molecule has 2 nitrogen and oxygen atoms in total. The fourth-order valence-electron chi connectivity index (χ4n) is 0.348. The second-order valence-corrected chi connectivity index (χ2v) is 2.56. The minimum Gasteiger partial charge on any atom is -0.370 e. The summed E-state index contributed by atoms with van der Waals surface area (Å²) >= 11 is 4.51. The van der Waals surface area contributed by atoms with E-state index in [0.29, 0.717) is 0 Å². The number of hydrogen-bond donors (Lipinski definition) is 2. The monoisotopic (exact) mass is 186 g/mol. The average Bonchev–Trinajstić information content (AvgIpc) is 1.80. The highest BCUT2D eigenvalue weighted by molar-refractivity contribution is 7.80. The lowest BCUT2D eigenvalue weighted by molar-refractivity contribution is -0.121. The van der Waals surface area contributed by atoms with Crippen molar-refractivity contribution in [2.24, 2.45) is 5.73 Å². The molecule has 0 bridgehead atoms. The van der Waals surface area contributed by atoms with Crippen LogP contribution in [0.25, 0.3) is 0 Å². The Labute approximate surface area is 67.9 Å². The smallest absolute Gasteiger partial charge is 0.370 e. The number of thiocarbonyl (C=S) groups is 1. The standard InChI is InChI=1S/C5H9F3N2S/c1-3(9)4(11)10-2-5(6,7)8/h3H,2,9H2,1H3,(H,10,11)/t3-/m1/s1. The molecule has 6 heteroatoms. The molecule has 0 spiro atoms. The van der Waals surface area contributed by atoms with E-state index in [9.17, 15) is 13.2 Å². The fraction of sp³-hybridized carbons (Fsp3) is 0.800.